The molecule has 1 amide bonds. The predicted molar refractivity (Wildman–Crippen MR) is 79.8 cm³/mol. The van der Waals surface area contributed by atoms with Crippen LogP contribution in [0.15, 0.2) is 12.7 Å². The van der Waals surface area contributed by atoms with Gasteiger partial charge in [-0.2, -0.15) is 0 Å². The number of carbonyl (C=O) groups excluding carboxylic acids is 1. The van der Waals surface area contributed by atoms with E-state index in [9.17, 15) is 13.2 Å². The third-order valence-electron chi connectivity index (χ3n) is 3.62. The van der Waals surface area contributed by atoms with Crippen molar-refractivity contribution in [1.29, 1.82) is 0 Å². The van der Waals surface area contributed by atoms with E-state index in [-0.39, 0.29) is 23.9 Å². The van der Waals surface area contributed by atoms with E-state index in [1.807, 2.05) is 13.8 Å². The first-order valence-corrected chi connectivity index (χ1v) is 8.70. The molecule has 2 N–H and O–H groups in total. The van der Waals surface area contributed by atoms with Gasteiger partial charge in [0, 0.05) is 25.7 Å². The molecular formula is C13H25N3O3S. The molecule has 20 heavy (non-hydrogen) atoms. The van der Waals surface area contributed by atoms with Crippen LogP contribution < -0.4 is 10.6 Å². The number of nitrogens with zero attached hydrogens (tertiary/aromatic N) is 1. The summed E-state index contributed by atoms with van der Waals surface area (Å²) in [7, 11) is -3.12. The molecule has 0 spiro atoms. The molecule has 0 aliphatic carbocycles. The van der Waals surface area contributed by atoms with Crippen molar-refractivity contribution in [3.05, 3.63) is 12.7 Å². The van der Waals surface area contributed by atoms with Crippen LogP contribution in [0.4, 0.5) is 0 Å². The maximum Gasteiger partial charge on any atom is 0.237 e. The third kappa shape index (κ3) is 4.88. The molecule has 3 atom stereocenters. The maximum absolute atomic E-state index is 11.8. The van der Waals surface area contributed by atoms with E-state index in [0.29, 0.717) is 26.1 Å². The normalized spacial score (nSPS) is 25.9. The van der Waals surface area contributed by atoms with Gasteiger partial charge in [0.2, 0.25) is 15.9 Å². The largest absolute Gasteiger partial charge is 0.351 e. The average Bonchev–Trinajstić information content (AvgIpc) is 2.36. The molecule has 1 rings (SSSR count). The van der Waals surface area contributed by atoms with Gasteiger partial charge in [0.15, 0.2) is 0 Å². The number of sulfonamides is 1. The molecule has 0 unspecified atom stereocenters. The fourth-order valence-corrected chi connectivity index (χ4v) is 3.32. The molecule has 7 heteroatoms. The van der Waals surface area contributed by atoms with E-state index >= 15 is 0 Å². The summed E-state index contributed by atoms with van der Waals surface area (Å²) in [6, 6.07) is -0.148. The van der Waals surface area contributed by atoms with Gasteiger partial charge >= 0.3 is 0 Å². The number of piperidine rings is 1. The van der Waals surface area contributed by atoms with E-state index in [4.69, 9.17) is 0 Å². The zero-order chi connectivity index (χ0) is 15.3. The van der Waals surface area contributed by atoms with Crippen molar-refractivity contribution in [2.45, 2.75) is 32.4 Å². The summed E-state index contributed by atoms with van der Waals surface area (Å²) in [4.78, 5) is 11.8. The lowest BCUT2D eigenvalue weighted by Crippen LogP contribution is -2.54. The Kier molecular flexibility index (Phi) is 6.16. The van der Waals surface area contributed by atoms with Crippen molar-refractivity contribution >= 4 is 15.9 Å². The molecule has 0 aromatic carbocycles. The molecule has 1 aliphatic rings. The van der Waals surface area contributed by atoms with Gasteiger partial charge in [-0.1, -0.05) is 13.0 Å². The van der Waals surface area contributed by atoms with E-state index < -0.39 is 10.0 Å². The minimum absolute atomic E-state index is 0.0670. The lowest BCUT2D eigenvalue weighted by Gasteiger charge is -2.37. The second-order valence-electron chi connectivity index (χ2n) is 5.42. The molecule has 1 aliphatic heterocycles. The summed E-state index contributed by atoms with van der Waals surface area (Å²) in [5, 5.41) is 6.03. The summed E-state index contributed by atoms with van der Waals surface area (Å²) >= 11 is 0. The highest BCUT2D eigenvalue weighted by Crippen LogP contribution is 2.19. The Labute approximate surface area is 121 Å². The standard InChI is InChI=1S/C13H25N3O3S/c1-5-7-14-13(17)11(3)15-12-6-8-16(9-10(12)2)20(4,18)19/h5,10-12,15H,1,6-9H2,2-4H3,(H,14,17)/t10-,11-,12+/m0/s1. The van der Waals surface area contributed by atoms with Gasteiger partial charge in [-0.25, -0.2) is 12.7 Å². The van der Waals surface area contributed by atoms with Crippen molar-refractivity contribution in [3.8, 4) is 0 Å². The molecule has 0 saturated carbocycles. The second kappa shape index (κ2) is 7.19. The number of amides is 1. The minimum atomic E-state index is -3.12. The quantitative estimate of drug-likeness (QED) is 0.674. The van der Waals surface area contributed by atoms with Crippen LogP contribution in [-0.2, 0) is 14.8 Å². The summed E-state index contributed by atoms with van der Waals surface area (Å²) in [5.74, 6) is 0.107. The summed E-state index contributed by atoms with van der Waals surface area (Å²) in [6.07, 6.45) is 3.59. The SMILES string of the molecule is C=CCNC(=O)[C@H](C)N[C@@H]1CCN(S(C)(=O)=O)C[C@@H]1C. The molecular weight excluding hydrogens is 278 g/mol. The molecule has 0 radical (unpaired) electrons. The molecule has 6 nitrogen and oxygen atoms in total. The molecule has 0 aromatic rings. The summed E-state index contributed by atoms with van der Waals surface area (Å²) < 4.78 is 24.5. The Morgan fingerprint density at radius 1 is 1.55 bits per heavy atom. The Morgan fingerprint density at radius 3 is 2.70 bits per heavy atom. The van der Waals surface area contributed by atoms with Crippen molar-refractivity contribution in [1.82, 2.24) is 14.9 Å². The average molecular weight is 303 g/mol. The van der Waals surface area contributed by atoms with Crippen molar-refractivity contribution in [2.24, 2.45) is 5.92 Å². The first-order chi connectivity index (χ1) is 9.25. The fourth-order valence-electron chi connectivity index (χ4n) is 2.38. The second-order valence-corrected chi connectivity index (χ2v) is 7.40. The number of rotatable bonds is 6. The molecule has 1 saturated heterocycles. The van der Waals surface area contributed by atoms with E-state index in [1.54, 1.807) is 6.08 Å². The fraction of sp³-hybridized carbons (Fsp3) is 0.769. The molecule has 0 aromatic heterocycles. The lowest BCUT2D eigenvalue weighted by atomic mass is 9.94. The zero-order valence-electron chi connectivity index (χ0n) is 12.4. The summed E-state index contributed by atoms with van der Waals surface area (Å²) in [5.41, 5.74) is 0. The van der Waals surface area contributed by atoms with E-state index in [1.165, 1.54) is 10.6 Å². The van der Waals surface area contributed by atoms with E-state index in [2.05, 4.69) is 17.2 Å². The van der Waals surface area contributed by atoms with Gasteiger partial charge in [-0.3, -0.25) is 4.79 Å². The van der Waals surface area contributed by atoms with Crippen molar-refractivity contribution < 1.29 is 13.2 Å². The van der Waals surface area contributed by atoms with Gasteiger partial charge in [0.1, 0.15) is 0 Å². The van der Waals surface area contributed by atoms with Crippen LogP contribution in [0.1, 0.15) is 20.3 Å². The first kappa shape index (κ1) is 17.1. The monoisotopic (exact) mass is 303 g/mol. The van der Waals surface area contributed by atoms with Gasteiger partial charge in [-0.05, 0) is 19.3 Å². The van der Waals surface area contributed by atoms with Crippen molar-refractivity contribution in [2.75, 3.05) is 25.9 Å². The van der Waals surface area contributed by atoms with Crippen LogP contribution in [-0.4, -0.2) is 56.6 Å². The number of nitrogens with one attached hydrogen (secondary N) is 2. The van der Waals surface area contributed by atoms with Crippen molar-refractivity contribution in [3.63, 3.8) is 0 Å². The topological polar surface area (TPSA) is 78.5 Å². The Bertz CT molecular complexity index is 450. The summed E-state index contributed by atoms with van der Waals surface area (Å²) in [6.45, 7) is 8.82. The van der Waals surface area contributed by atoms with Crippen LogP contribution in [0.2, 0.25) is 0 Å². The highest BCUT2D eigenvalue weighted by atomic mass is 32.2. The Balaban J connectivity index is 2.50. The lowest BCUT2D eigenvalue weighted by molar-refractivity contribution is -0.122. The Hall–Kier alpha value is -0.920. The molecule has 0 bridgehead atoms. The Morgan fingerprint density at radius 2 is 2.20 bits per heavy atom. The van der Waals surface area contributed by atoms with Crippen LogP contribution >= 0.6 is 0 Å². The molecule has 116 valence electrons. The van der Waals surface area contributed by atoms with Crippen LogP contribution in [0.25, 0.3) is 0 Å². The van der Waals surface area contributed by atoms with Gasteiger partial charge < -0.3 is 10.6 Å². The van der Waals surface area contributed by atoms with Gasteiger partial charge in [-0.15, -0.1) is 6.58 Å². The zero-order valence-corrected chi connectivity index (χ0v) is 13.2. The molecule has 1 fully saturated rings. The molecule has 1 heterocycles. The van der Waals surface area contributed by atoms with Gasteiger partial charge in [0.25, 0.3) is 0 Å². The minimum Gasteiger partial charge on any atom is -0.351 e. The van der Waals surface area contributed by atoms with E-state index in [0.717, 1.165) is 0 Å². The first-order valence-electron chi connectivity index (χ1n) is 6.85. The van der Waals surface area contributed by atoms with Gasteiger partial charge in [0.05, 0.1) is 12.3 Å². The number of hydrogen-bond donors (Lipinski definition) is 2. The third-order valence-corrected chi connectivity index (χ3v) is 4.88. The highest BCUT2D eigenvalue weighted by Gasteiger charge is 2.31. The van der Waals surface area contributed by atoms with Crippen LogP contribution in [0.5, 0.6) is 0 Å². The van der Waals surface area contributed by atoms with Crippen LogP contribution in [0.3, 0.4) is 0 Å². The maximum atomic E-state index is 11.8. The number of carbonyl (C=O) groups is 1. The van der Waals surface area contributed by atoms with Crippen LogP contribution in [0, 0.1) is 5.92 Å². The highest BCUT2D eigenvalue weighted by molar-refractivity contribution is 7.88. The predicted octanol–water partition coefficient (Wildman–Crippen LogP) is -0.0633. The smallest absolute Gasteiger partial charge is 0.237 e. The number of hydrogen-bond acceptors (Lipinski definition) is 4.